The van der Waals surface area contributed by atoms with Crippen molar-refractivity contribution in [2.24, 2.45) is 4.99 Å². The second-order valence-electron chi connectivity index (χ2n) is 3.90. The molecule has 5 nitrogen and oxygen atoms in total. The maximum absolute atomic E-state index is 10.9. The maximum atomic E-state index is 10.9. The summed E-state index contributed by atoms with van der Waals surface area (Å²) < 4.78 is 0. The topological polar surface area (TPSA) is 95.9 Å². The van der Waals surface area contributed by atoms with E-state index in [0.717, 1.165) is 0 Å². The summed E-state index contributed by atoms with van der Waals surface area (Å²) in [6, 6.07) is 11.0. The van der Waals surface area contributed by atoms with Crippen molar-refractivity contribution in [3.8, 4) is 5.75 Å². The van der Waals surface area contributed by atoms with Crippen LogP contribution >= 0.6 is 0 Å². The smallest absolute Gasteiger partial charge is 0.335 e. The van der Waals surface area contributed by atoms with Gasteiger partial charge >= 0.3 is 5.97 Å². The van der Waals surface area contributed by atoms with Crippen molar-refractivity contribution in [3.05, 3.63) is 53.6 Å². The zero-order chi connectivity index (χ0) is 13.8. The molecule has 0 amide bonds. The van der Waals surface area contributed by atoms with Crippen molar-refractivity contribution < 1.29 is 15.0 Å². The Morgan fingerprint density at radius 1 is 1.21 bits per heavy atom. The minimum atomic E-state index is -1.04. The number of aliphatic imine (C=N–C) groups is 1. The highest BCUT2D eigenvalue weighted by atomic mass is 16.4. The fourth-order valence-corrected chi connectivity index (χ4v) is 1.52. The largest absolute Gasteiger partial charge is 0.507 e. The van der Waals surface area contributed by atoms with Gasteiger partial charge in [-0.15, -0.1) is 0 Å². The number of phenolic OH excluding ortho intramolecular Hbond substituents is 1. The maximum Gasteiger partial charge on any atom is 0.335 e. The number of hydrogen-bond acceptors (Lipinski definition) is 4. The van der Waals surface area contributed by atoms with Gasteiger partial charge in [-0.2, -0.15) is 0 Å². The summed E-state index contributed by atoms with van der Waals surface area (Å²) in [5, 5.41) is 18.5. The van der Waals surface area contributed by atoms with E-state index < -0.39 is 5.97 Å². The van der Waals surface area contributed by atoms with Gasteiger partial charge in [0.25, 0.3) is 0 Å². The van der Waals surface area contributed by atoms with Gasteiger partial charge in [-0.3, -0.25) is 4.99 Å². The summed E-state index contributed by atoms with van der Waals surface area (Å²) in [7, 11) is 0. The molecule has 2 rings (SSSR count). The third-order valence-electron chi connectivity index (χ3n) is 2.56. The lowest BCUT2D eigenvalue weighted by Crippen LogP contribution is -1.97. The van der Waals surface area contributed by atoms with E-state index in [1.807, 2.05) is 0 Å². The molecule has 0 radical (unpaired) electrons. The Bertz CT molecular complexity index is 651. The fourth-order valence-electron chi connectivity index (χ4n) is 1.52. The number of nitrogens with zero attached hydrogens (tertiary/aromatic N) is 1. The molecule has 0 fully saturated rings. The molecule has 0 saturated carbocycles. The number of aromatic carboxylic acids is 1. The lowest BCUT2D eigenvalue weighted by Gasteiger charge is -2.02. The first-order chi connectivity index (χ1) is 9.08. The summed E-state index contributed by atoms with van der Waals surface area (Å²) in [6.07, 6.45) is 1.44. The van der Waals surface area contributed by atoms with Crippen LogP contribution in [0.3, 0.4) is 0 Å². The highest BCUT2D eigenvalue weighted by molar-refractivity contribution is 5.92. The Labute approximate surface area is 109 Å². The van der Waals surface area contributed by atoms with Gasteiger partial charge < -0.3 is 15.9 Å². The Balaban J connectivity index is 2.35. The van der Waals surface area contributed by atoms with Crippen LogP contribution < -0.4 is 5.73 Å². The minimum Gasteiger partial charge on any atom is -0.507 e. The number of aromatic hydroxyl groups is 1. The summed E-state index contributed by atoms with van der Waals surface area (Å²) in [5.74, 6) is -0.946. The van der Waals surface area contributed by atoms with Crippen LogP contribution in [-0.2, 0) is 0 Å². The average molecular weight is 256 g/mol. The third kappa shape index (κ3) is 2.90. The first-order valence-electron chi connectivity index (χ1n) is 5.53. The van der Waals surface area contributed by atoms with Crippen LogP contribution in [0.2, 0.25) is 0 Å². The van der Waals surface area contributed by atoms with Gasteiger partial charge in [0, 0.05) is 11.8 Å². The van der Waals surface area contributed by atoms with Crippen molar-refractivity contribution in [3.63, 3.8) is 0 Å². The Morgan fingerprint density at radius 2 is 1.95 bits per heavy atom. The van der Waals surface area contributed by atoms with E-state index in [-0.39, 0.29) is 11.3 Å². The number of phenols is 1. The SMILES string of the molecule is Nc1ccc(C(=O)O)cc1N=Cc1ccccc1O. The van der Waals surface area contributed by atoms with Gasteiger partial charge in [0.05, 0.1) is 16.9 Å². The van der Waals surface area contributed by atoms with Crippen LogP contribution in [0.1, 0.15) is 15.9 Å². The van der Waals surface area contributed by atoms with E-state index in [1.54, 1.807) is 24.3 Å². The number of rotatable bonds is 3. The van der Waals surface area contributed by atoms with E-state index >= 15 is 0 Å². The molecule has 96 valence electrons. The predicted molar refractivity (Wildman–Crippen MR) is 73.2 cm³/mol. The Morgan fingerprint density at radius 3 is 2.63 bits per heavy atom. The molecule has 0 heterocycles. The predicted octanol–water partition coefficient (Wildman–Crippen LogP) is 2.42. The molecule has 2 aromatic carbocycles. The summed E-state index contributed by atoms with van der Waals surface area (Å²) >= 11 is 0. The first-order valence-corrected chi connectivity index (χ1v) is 5.53. The quantitative estimate of drug-likeness (QED) is 0.580. The second-order valence-corrected chi connectivity index (χ2v) is 3.90. The van der Waals surface area contributed by atoms with Crippen molar-refractivity contribution in [1.82, 2.24) is 0 Å². The highest BCUT2D eigenvalue weighted by Gasteiger charge is 2.05. The van der Waals surface area contributed by atoms with Crippen molar-refractivity contribution in [1.29, 1.82) is 0 Å². The monoisotopic (exact) mass is 256 g/mol. The molecule has 0 aliphatic carbocycles. The molecule has 0 unspecified atom stereocenters. The molecule has 0 aliphatic heterocycles. The molecule has 0 aliphatic rings. The van der Waals surface area contributed by atoms with E-state index in [4.69, 9.17) is 10.8 Å². The molecule has 0 spiro atoms. The zero-order valence-electron chi connectivity index (χ0n) is 9.95. The van der Waals surface area contributed by atoms with Crippen LogP contribution in [0.4, 0.5) is 11.4 Å². The summed E-state index contributed by atoms with van der Waals surface area (Å²) in [4.78, 5) is 15.0. The van der Waals surface area contributed by atoms with E-state index in [2.05, 4.69) is 4.99 Å². The first kappa shape index (κ1) is 12.6. The van der Waals surface area contributed by atoms with E-state index in [0.29, 0.717) is 16.9 Å². The van der Waals surface area contributed by atoms with E-state index in [9.17, 15) is 9.90 Å². The Hall–Kier alpha value is -2.82. The number of carboxylic acid groups (broad SMARTS) is 1. The van der Waals surface area contributed by atoms with Gasteiger partial charge in [0.1, 0.15) is 5.75 Å². The van der Waals surface area contributed by atoms with Crippen LogP contribution in [0.15, 0.2) is 47.5 Å². The molecule has 0 bridgehead atoms. The van der Waals surface area contributed by atoms with Crippen LogP contribution in [-0.4, -0.2) is 22.4 Å². The van der Waals surface area contributed by atoms with Gasteiger partial charge in [-0.25, -0.2) is 4.79 Å². The standard InChI is InChI=1S/C14H12N2O3/c15-11-6-5-9(14(18)19)7-12(11)16-8-10-3-1-2-4-13(10)17/h1-8,17H,15H2,(H,18,19). The second kappa shape index (κ2) is 5.22. The summed E-state index contributed by atoms with van der Waals surface area (Å²) in [6.45, 7) is 0. The normalized spacial score (nSPS) is 10.7. The van der Waals surface area contributed by atoms with Gasteiger partial charge in [-0.1, -0.05) is 12.1 Å². The zero-order valence-corrected chi connectivity index (χ0v) is 9.95. The Kier molecular flexibility index (Phi) is 3.47. The van der Waals surface area contributed by atoms with Crippen LogP contribution in [0.25, 0.3) is 0 Å². The molecule has 19 heavy (non-hydrogen) atoms. The average Bonchev–Trinajstić information content (AvgIpc) is 2.39. The number of para-hydroxylation sites is 1. The van der Waals surface area contributed by atoms with Gasteiger partial charge in [0.2, 0.25) is 0 Å². The molecular weight excluding hydrogens is 244 g/mol. The van der Waals surface area contributed by atoms with Crippen LogP contribution in [0, 0.1) is 0 Å². The van der Waals surface area contributed by atoms with Crippen molar-refractivity contribution >= 4 is 23.6 Å². The molecule has 4 N–H and O–H groups in total. The molecule has 0 aromatic heterocycles. The number of hydrogen-bond donors (Lipinski definition) is 3. The molecule has 0 atom stereocenters. The third-order valence-corrected chi connectivity index (χ3v) is 2.56. The fraction of sp³-hybridized carbons (Fsp3) is 0. The van der Waals surface area contributed by atoms with Gasteiger partial charge in [0.15, 0.2) is 0 Å². The summed E-state index contributed by atoms with van der Waals surface area (Å²) in [5.41, 5.74) is 7.08. The number of carboxylic acids is 1. The number of anilines is 1. The van der Waals surface area contributed by atoms with Crippen molar-refractivity contribution in [2.45, 2.75) is 0 Å². The molecule has 0 saturated heterocycles. The lowest BCUT2D eigenvalue weighted by molar-refractivity contribution is 0.0697. The minimum absolute atomic E-state index is 0.0965. The highest BCUT2D eigenvalue weighted by Crippen LogP contribution is 2.24. The molecular formula is C14H12N2O3. The lowest BCUT2D eigenvalue weighted by atomic mass is 10.1. The molecule has 2 aromatic rings. The molecule has 5 heteroatoms. The van der Waals surface area contributed by atoms with Crippen molar-refractivity contribution in [2.75, 3.05) is 5.73 Å². The van der Waals surface area contributed by atoms with E-state index in [1.165, 1.54) is 24.4 Å². The van der Waals surface area contributed by atoms with Gasteiger partial charge in [-0.05, 0) is 30.3 Å². The number of benzene rings is 2. The number of nitrogen functional groups attached to an aromatic ring is 1. The van der Waals surface area contributed by atoms with Crippen LogP contribution in [0.5, 0.6) is 5.75 Å². The number of nitrogens with two attached hydrogens (primary N) is 1. The number of carbonyl (C=O) groups is 1.